The molecule has 1 amide bonds. The number of carbonyl (C=O) groups excluding carboxylic acids is 1. The minimum atomic E-state index is -0.122. The quantitative estimate of drug-likeness (QED) is 0.946. The molecule has 0 saturated heterocycles. The van der Waals surface area contributed by atoms with E-state index in [2.05, 4.69) is 26.4 Å². The van der Waals surface area contributed by atoms with E-state index in [9.17, 15) is 4.79 Å². The summed E-state index contributed by atoms with van der Waals surface area (Å²) < 4.78 is 7.70. The summed E-state index contributed by atoms with van der Waals surface area (Å²) in [6.45, 7) is 4.11. The minimum absolute atomic E-state index is 0.122. The summed E-state index contributed by atoms with van der Waals surface area (Å²) in [6, 6.07) is 1.78. The normalized spacial score (nSPS) is 10.7. The highest BCUT2D eigenvalue weighted by Gasteiger charge is 2.13. The zero-order valence-corrected chi connectivity index (χ0v) is 12.0. The second kappa shape index (κ2) is 4.97. The number of hydrogen-bond donors (Lipinski definition) is 1. The number of halogens is 1. The van der Waals surface area contributed by atoms with Crippen molar-refractivity contribution in [1.29, 1.82) is 0 Å². The summed E-state index contributed by atoms with van der Waals surface area (Å²) in [7, 11) is 1.83. The largest absolute Gasteiger partial charge is 0.361 e. The zero-order chi connectivity index (χ0) is 13.3. The number of carbonyl (C=O) groups is 1. The van der Waals surface area contributed by atoms with Crippen molar-refractivity contribution in [2.24, 2.45) is 7.05 Å². The summed E-state index contributed by atoms with van der Waals surface area (Å²) in [6.07, 6.45) is 1.84. The van der Waals surface area contributed by atoms with Gasteiger partial charge in [-0.2, -0.15) is 0 Å². The summed E-state index contributed by atoms with van der Waals surface area (Å²) in [4.78, 5) is 12.0. The van der Waals surface area contributed by atoms with Gasteiger partial charge in [-0.05, 0) is 35.8 Å². The topological polar surface area (TPSA) is 60.1 Å². The Morgan fingerprint density at radius 3 is 2.78 bits per heavy atom. The van der Waals surface area contributed by atoms with Gasteiger partial charge in [0.25, 0.3) is 5.91 Å². The Kier molecular flexibility index (Phi) is 3.56. The highest BCUT2D eigenvalue weighted by molar-refractivity contribution is 9.10. The number of amides is 1. The number of aromatic nitrogens is 2. The third kappa shape index (κ3) is 2.48. The van der Waals surface area contributed by atoms with Crippen LogP contribution in [0.1, 0.15) is 27.5 Å². The van der Waals surface area contributed by atoms with E-state index in [1.807, 2.05) is 27.1 Å². The Morgan fingerprint density at radius 1 is 1.56 bits per heavy atom. The van der Waals surface area contributed by atoms with Crippen molar-refractivity contribution in [2.45, 2.75) is 20.4 Å². The van der Waals surface area contributed by atoms with Crippen LogP contribution in [0.15, 0.2) is 21.3 Å². The van der Waals surface area contributed by atoms with Crippen LogP contribution in [0.3, 0.4) is 0 Å². The maximum absolute atomic E-state index is 12.0. The van der Waals surface area contributed by atoms with Crippen LogP contribution < -0.4 is 5.32 Å². The lowest BCUT2D eigenvalue weighted by molar-refractivity contribution is 0.0942. The van der Waals surface area contributed by atoms with E-state index < -0.39 is 0 Å². The number of aryl methyl sites for hydroxylation is 3. The molecule has 0 aliphatic rings. The molecule has 5 nitrogen and oxygen atoms in total. The van der Waals surface area contributed by atoms with Gasteiger partial charge in [0.05, 0.1) is 5.69 Å². The fourth-order valence-corrected chi connectivity index (χ4v) is 2.29. The molecule has 0 atom stereocenters. The van der Waals surface area contributed by atoms with Crippen molar-refractivity contribution in [2.75, 3.05) is 0 Å². The lowest BCUT2D eigenvalue weighted by atomic mass is 10.2. The van der Waals surface area contributed by atoms with Crippen molar-refractivity contribution in [3.05, 3.63) is 39.4 Å². The van der Waals surface area contributed by atoms with Gasteiger partial charge in [0.15, 0.2) is 0 Å². The highest BCUT2D eigenvalue weighted by atomic mass is 79.9. The fraction of sp³-hybridized carbons (Fsp3) is 0.333. The zero-order valence-electron chi connectivity index (χ0n) is 10.5. The second-order valence-corrected chi connectivity index (χ2v) is 5.06. The van der Waals surface area contributed by atoms with Gasteiger partial charge in [-0.1, -0.05) is 5.16 Å². The van der Waals surface area contributed by atoms with Gasteiger partial charge in [0.1, 0.15) is 11.5 Å². The molecule has 18 heavy (non-hydrogen) atoms. The van der Waals surface area contributed by atoms with E-state index in [0.29, 0.717) is 12.2 Å². The monoisotopic (exact) mass is 311 g/mol. The molecule has 6 heteroatoms. The van der Waals surface area contributed by atoms with Crippen LogP contribution in [0.25, 0.3) is 0 Å². The van der Waals surface area contributed by atoms with Crippen LogP contribution in [-0.4, -0.2) is 15.6 Å². The molecule has 0 radical (unpaired) electrons. The van der Waals surface area contributed by atoms with Crippen molar-refractivity contribution < 1.29 is 9.32 Å². The molecule has 0 fully saturated rings. The van der Waals surface area contributed by atoms with Gasteiger partial charge in [-0.25, -0.2) is 0 Å². The van der Waals surface area contributed by atoms with Crippen molar-refractivity contribution >= 4 is 21.8 Å². The average molecular weight is 312 g/mol. The molecule has 2 heterocycles. The maximum Gasteiger partial charge on any atom is 0.268 e. The molecule has 0 unspecified atom stereocenters. The van der Waals surface area contributed by atoms with Gasteiger partial charge in [0.2, 0.25) is 0 Å². The molecule has 0 saturated carbocycles. The summed E-state index contributed by atoms with van der Waals surface area (Å²) in [5.41, 5.74) is 2.34. The van der Waals surface area contributed by atoms with E-state index in [1.54, 1.807) is 10.6 Å². The van der Waals surface area contributed by atoms with Gasteiger partial charge in [0, 0.05) is 29.8 Å². The maximum atomic E-state index is 12.0. The first kappa shape index (κ1) is 12.9. The van der Waals surface area contributed by atoms with E-state index in [1.165, 1.54) is 0 Å². The highest BCUT2D eigenvalue weighted by Crippen LogP contribution is 2.15. The molecule has 1 N–H and O–H groups in total. The molecule has 0 aliphatic heterocycles. The number of nitrogens with one attached hydrogen (secondary N) is 1. The van der Waals surface area contributed by atoms with E-state index in [4.69, 9.17) is 4.52 Å². The molecule has 0 bridgehead atoms. The predicted molar refractivity (Wildman–Crippen MR) is 70.3 cm³/mol. The molecule has 0 aromatic carbocycles. The molecule has 2 aromatic heterocycles. The first-order valence-electron chi connectivity index (χ1n) is 5.51. The van der Waals surface area contributed by atoms with Gasteiger partial charge >= 0.3 is 0 Å². The Morgan fingerprint density at radius 2 is 2.28 bits per heavy atom. The first-order valence-corrected chi connectivity index (χ1v) is 6.30. The number of hydrogen-bond acceptors (Lipinski definition) is 3. The Balaban J connectivity index is 2.07. The minimum Gasteiger partial charge on any atom is -0.361 e. The fourth-order valence-electron chi connectivity index (χ4n) is 1.76. The molecule has 2 aromatic rings. The Bertz CT molecular complexity index is 567. The van der Waals surface area contributed by atoms with Crippen molar-refractivity contribution in [3.63, 3.8) is 0 Å². The van der Waals surface area contributed by atoms with Crippen LogP contribution in [-0.2, 0) is 13.6 Å². The number of rotatable bonds is 3. The molecule has 0 spiro atoms. The molecule has 96 valence electrons. The van der Waals surface area contributed by atoms with Gasteiger partial charge in [-0.15, -0.1) is 0 Å². The van der Waals surface area contributed by atoms with Crippen LogP contribution in [0.4, 0.5) is 0 Å². The lowest BCUT2D eigenvalue weighted by Gasteiger charge is -2.05. The standard InChI is InChI=1S/C12H14BrN3O2/c1-7-10(8(2)18-15-7)5-14-12(17)11-4-9(13)6-16(11)3/h4,6H,5H2,1-3H3,(H,14,17). The lowest BCUT2D eigenvalue weighted by Crippen LogP contribution is -2.25. The van der Waals surface area contributed by atoms with Crippen molar-refractivity contribution in [1.82, 2.24) is 15.0 Å². The van der Waals surface area contributed by atoms with Crippen molar-refractivity contribution in [3.8, 4) is 0 Å². The van der Waals surface area contributed by atoms with Gasteiger partial charge in [-0.3, -0.25) is 4.79 Å². The summed E-state index contributed by atoms with van der Waals surface area (Å²) >= 11 is 3.34. The second-order valence-electron chi connectivity index (χ2n) is 4.14. The van der Waals surface area contributed by atoms with E-state index in [0.717, 1.165) is 21.5 Å². The Hall–Kier alpha value is -1.56. The summed E-state index contributed by atoms with van der Waals surface area (Å²) in [5, 5.41) is 6.71. The van der Waals surface area contributed by atoms with Crippen LogP contribution >= 0.6 is 15.9 Å². The van der Waals surface area contributed by atoms with Crippen LogP contribution in [0.2, 0.25) is 0 Å². The first-order chi connectivity index (χ1) is 8.49. The smallest absolute Gasteiger partial charge is 0.268 e. The number of nitrogens with zero attached hydrogens (tertiary/aromatic N) is 2. The third-order valence-corrected chi connectivity index (χ3v) is 3.24. The van der Waals surface area contributed by atoms with Crippen LogP contribution in [0.5, 0.6) is 0 Å². The average Bonchev–Trinajstić information content (AvgIpc) is 2.80. The molecule has 0 aliphatic carbocycles. The SMILES string of the molecule is Cc1noc(C)c1CNC(=O)c1cc(Br)cn1C. The molecular weight excluding hydrogens is 298 g/mol. The third-order valence-electron chi connectivity index (χ3n) is 2.81. The Labute approximate surface area is 113 Å². The van der Waals surface area contributed by atoms with Crippen LogP contribution in [0, 0.1) is 13.8 Å². The molecule has 2 rings (SSSR count). The van der Waals surface area contributed by atoms with E-state index in [-0.39, 0.29) is 5.91 Å². The van der Waals surface area contributed by atoms with Gasteiger partial charge < -0.3 is 14.4 Å². The molecular formula is C12H14BrN3O2. The predicted octanol–water partition coefficient (Wildman–Crippen LogP) is 2.32. The van der Waals surface area contributed by atoms with E-state index >= 15 is 0 Å². The summed E-state index contributed by atoms with van der Waals surface area (Å²) in [5.74, 6) is 0.615.